The van der Waals surface area contributed by atoms with E-state index in [9.17, 15) is 4.79 Å². The van der Waals surface area contributed by atoms with Crippen molar-refractivity contribution in [1.82, 2.24) is 14.9 Å². The number of amides is 1. The smallest absolute Gasteiger partial charge is 0.222 e. The van der Waals surface area contributed by atoms with Gasteiger partial charge in [0, 0.05) is 42.8 Å². The van der Waals surface area contributed by atoms with Gasteiger partial charge in [0.05, 0.1) is 15.2 Å². The first-order valence-electron chi connectivity index (χ1n) is 8.92. The van der Waals surface area contributed by atoms with E-state index in [0.29, 0.717) is 12.3 Å². The molecule has 0 spiro atoms. The van der Waals surface area contributed by atoms with E-state index < -0.39 is 0 Å². The quantitative estimate of drug-likeness (QED) is 0.654. The van der Waals surface area contributed by atoms with Crippen molar-refractivity contribution in [1.29, 1.82) is 0 Å². The Morgan fingerprint density at radius 3 is 2.88 bits per heavy atom. The van der Waals surface area contributed by atoms with E-state index in [4.69, 9.17) is 16.6 Å². The minimum Gasteiger partial charge on any atom is -0.343 e. The molecule has 0 atom stereocenters. The standard InChI is InChI=1S/C20H20ClN3OS/c21-16-4-5-18-17(12-16)23-20(26-18)15-7-10-24(11-8-15)19(25)6-3-14-2-1-9-22-13-14/h1-2,4-5,9,12-13,15H,3,6-8,10-11H2. The van der Waals surface area contributed by atoms with Gasteiger partial charge in [-0.2, -0.15) is 0 Å². The van der Waals surface area contributed by atoms with Gasteiger partial charge in [-0.15, -0.1) is 11.3 Å². The third-order valence-electron chi connectivity index (χ3n) is 4.91. The van der Waals surface area contributed by atoms with Crippen molar-refractivity contribution in [3.05, 3.63) is 58.3 Å². The number of aryl methyl sites for hydroxylation is 1. The molecule has 0 saturated carbocycles. The molecule has 3 aromatic rings. The molecule has 2 aromatic heterocycles. The zero-order valence-electron chi connectivity index (χ0n) is 14.4. The van der Waals surface area contributed by atoms with E-state index in [-0.39, 0.29) is 5.91 Å². The number of likely N-dealkylation sites (tertiary alicyclic amines) is 1. The molecular weight excluding hydrogens is 366 g/mol. The summed E-state index contributed by atoms with van der Waals surface area (Å²) in [6.45, 7) is 1.63. The summed E-state index contributed by atoms with van der Waals surface area (Å²) in [5.74, 6) is 0.678. The Balaban J connectivity index is 1.33. The topological polar surface area (TPSA) is 46.1 Å². The first-order chi connectivity index (χ1) is 12.7. The fourth-order valence-corrected chi connectivity index (χ4v) is 4.71. The number of nitrogens with zero attached hydrogens (tertiary/aromatic N) is 3. The van der Waals surface area contributed by atoms with Crippen molar-refractivity contribution >= 4 is 39.1 Å². The average molecular weight is 386 g/mol. The highest BCUT2D eigenvalue weighted by Crippen LogP contribution is 2.34. The summed E-state index contributed by atoms with van der Waals surface area (Å²) in [4.78, 5) is 23.3. The van der Waals surface area contributed by atoms with Crippen molar-refractivity contribution in [2.45, 2.75) is 31.6 Å². The van der Waals surface area contributed by atoms with Crippen LogP contribution in [0.1, 0.15) is 35.8 Å². The molecule has 0 N–H and O–H groups in total. The molecule has 6 heteroatoms. The van der Waals surface area contributed by atoms with Crippen molar-refractivity contribution in [2.24, 2.45) is 0 Å². The molecule has 26 heavy (non-hydrogen) atoms. The predicted molar refractivity (Wildman–Crippen MR) is 106 cm³/mol. The molecule has 134 valence electrons. The first-order valence-corrected chi connectivity index (χ1v) is 10.1. The van der Waals surface area contributed by atoms with E-state index >= 15 is 0 Å². The van der Waals surface area contributed by atoms with Crippen LogP contribution in [0.25, 0.3) is 10.2 Å². The van der Waals surface area contributed by atoms with Crippen molar-refractivity contribution in [2.75, 3.05) is 13.1 Å². The van der Waals surface area contributed by atoms with Gasteiger partial charge in [0.15, 0.2) is 0 Å². The van der Waals surface area contributed by atoms with Crippen LogP contribution in [0.15, 0.2) is 42.7 Å². The molecule has 3 heterocycles. The average Bonchev–Trinajstić information content (AvgIpc) is 3.10. The number of fused-ring (bicyclic) bond motifs is 1. The van der Waals surface area contributed by atoms with Gasteiger partial charge in [0.25, 0.3) is 0 Å². The monoisotopic (exact) mass is 385 g/mol. The molecule has 4 rings (SSSR count). The third-order valence-corrected chi connectivity index (χ3v) is 6.35. The summed E-state index contributed by atoms with van der Waals surface area (Å²) in [5, 5.41) is 1.90. The molecule has 0 radical (unpaired) electrons. The molecule has 1 amide bonds. The lowest BCUT2D eigenvalue weighted by Gasteiger charge is -2.31. The Labute approximate surface area is 161 Å². The molecule has 0 unspecified atom stereocenters. The highest BCUT2D eigenvalue weighted by atomic mass is 35.5. The van der Waals surface area contributed by atoms with Gasteiger partial charge in [-0.25, -0.2) is 4.98 Å². The fraction of sp³-hybridized carbons (Fsp3) is 0.350. The first kappa shape index (κ1) is 17.4. The lowest BCUT2D eigenvalue weighted by Crippen LogP contribution is -2.38. The molecule has 0 aliphatic carbocycles. The molecular formula is C20H20ClN3OS. The van der Waals surface area contributed by atoms with Crippen LogP contribution in [0.3, 0.4) is 0 Å². The number of benzene rings is 1. The lowest BCUT2D eigenvalue weighted by molar-refractivity contribution is -0.132. The normalized spacial score (nSPS) is 15.5. The van der Waals surface area contributed by atoms with E-state index in [1.807, 2.05) is 41.4 Å². The number of hydrogen-bond acceptors (Lipinski definition) is 4. The molecule has 1 saturated heterocycles. The maximum Gasteiger partial charge on any atom is 0.222 e. The molecule has 1 fully saturated rings. The number of carbonyl (C=O) groups is 1. The third kappa shape index (κ3) is 3.89. The predicted octanol–water partition coefficient (Wildman–Crippen LogP) is 4.68. The van der Waals surface area contributed by atoms with E-state index in [0.717, 1.165) is 48.5 Å². The van der Waals surface area contributed by atoms with E-state index in [2.05, 4.69) is 4.98 Å². The molecule has 1 aromatic carbocycles. The Bertz CT molecular complexity index is 904. The van der Waals surface area contributed by atoms with Crippen LogP contribution >= 0.6 is 22.9 Å². The summed E-state index contributed by atoms with van der Waals surface area (Å²) >= 11 is 7.81. The van der Waals surface area contributed by atoms with E-state index in [1.165, 1.54) is 9.71 Å². The number of halogens is 1. The number of pyridine rings is 1. The summed E-state index contributed by atoms with van der Waals surface area (Å²) in [6.07, 6.45) is 6.85. The van der Waals surface area contributed by atoms with E-state index in [1.54, 1.807) is 17.5 Å². The summed E-state index contributed by atoms with van der Waals surface area (Å²) in [6, 6.07) is 9.81. The highest BCUT2D eigenvalue weighted by molar-refractivity contribution is 7.18. The van der Waals surface area contributed by atoms with Gasteiger partial charge < -0.3 is 4.90 Å². The van der Waals surface area contributed by atoms with Gasteiger partial charge in [-0.1, -0.05) is 17.7 Å². The zero-order valence-corrected chi connectivity index (χ0v) is 16.0. The highest BCUT2D eigenvalue weighted by Gasteiger charge is 2.25. The second kappa shape index (κ2) is 7.72. The molecule has 4 nitrogen and oxygen atoms in total. The SMILES string of the molecule is O=C(CCc1cccnc1)N1CCC(c2nc3cc(Cl)ccc3s2)CC1. The van der Waals surface area contributed by atoms with Crippen molar-refractivity contribution < 1.29 is 4.79 Å². The summed E-state index contributed by atoms with van der Waals surface area (Å²) < 4.78 is 1.18. The Kier molecular flexibility index (Phi) is 5.18. The fourth-order valence-electron chi connectivity index (χ4n) is 3.42. The Morgan fingerprint density at radius 2 is 2.12 bits per heavy atom. The molecule has 0 bridgehead atoms. The minimum atomic E-state index is 0.239. The maximum absolute atomic E-state index is 12.5. The lowest BCUT2D eigenvalue weighted by atomic mass is 9.97. The Hall–Kier alpha value is -1.98. The van der Waals surface area contributed by atoms with Gasteiger partial charge in [-0.05, 0) is 49.1 Å². The number of piperidine rings is 1. The number of carbonyl (C=O) groups excluding carboxylic acids is 1. The summed E-state index contributed by atoms with van der Waals surface area (Å²) in [7, 11) is 0. The van der Waals surface area contributed by atoms with Crippen LogP contribution in [0.4, 0.5) is 0 Å². The summed E-state index contributed by atoms with van der Waals surface area (Å²) in [5.41, 5.74) is 2.09. The largest absolute Gasteiger partial charge is 0.343 e. The van der Waals surface area contributed by atoms with Crippen LogP contribution in [-0.4, -0.2) is 33.9 Å². The van der Waals surface area contributed by atoms with Crippen LogP contribution in [-0.2, 0) is 11.2 Å². The van der Waals surface area contributed by atoms with Crippen LogP contribution in [0.5, 0.6) is 0 Å². The molecule has 1 aliphatic rings. The Morgan fingerprint density at radius 1 is 1.27 bits per heavy atom. The number of rotatable bonds is 4. The zero-order chi connectivity index (χ0) is 17.9. The second-order valence-electron chi connectivity index (χ2n) is 6.68. The molecule has 1 aliphatic heterocycles. The van der Waals surface area contributed by atoms with Crippen LogP contribution in [0, 0.1) is 0 Å². The van der Waals surface area contributed by atoms with Crippen LogP contribution < -0.4 is 0 Å². The van der Waals surface area contributed by atoms with Gasteiger partial charge in [0.2, 0.25) is 5.91 Å². The maximum atomic E-state index is 12.5. The van der Waals surface area contributed by atoms with Crippen molar-refractivity contribution in [3.63, 3.8) is 0 Å². The number of thiazole rings is 1. The minimum absolute atomic E-state index is 0.239. The van der Waals surface area contributed by atoms with Crippen LogP contribution in [0.2, 0.25) is 5.02 Å². The van der Waals surface area contributed by atoms with Gasteiger partial charge in [0.1, 0.15) is 0 Å². The number of hydrogen-bond donors (Lipinski definition) is 0. The van der Waals surface area contributed by atoms with Gasteiger partial charge in [-0.3, -0.25) is 9.78 Å². The number of aromatic nitrogens is 2. The van der Waals surface area contributed by atoms with Gasteiger partial charge >= 0.3 is 0 Å². The van der Waals surface area contributed by atoms with Crippen molar-refractivity contribution in [3.8, 4) is 0 Å². The second-order valence-corrected chi connectivity index (χ2v) is 8.18.